The molecule has 1 N–H and O–H groups in total. The molecule has 0 spiro atoms. The number of hydrogen-bond acceptors (Lipinski definition) is 4. The fourth-order valence-electron chi connectivity index (χ4n) is 3.23. The van der Waals surface area contributed by atoms with Gasteiger partial charge in [-0.05, 0) is 24.6 Å². The number of benzene rings is 1. The Hall–Kier alpha value is -3.30. The van der Waals surface area contributed by atoms with Crippen LogP contribution in [0.2, 0.25) is 0 Å². The third kappa shape index (κ3) is 5.19. The number of nitrogens with zero attached hydrogens (tertiary/aromatic N) is 2. The van der Waals surface area contributed by atoms with Gasteiger partial charge < -0.3 is 19.6 Å². The highest BCUT2D eigenvalue weighted by Crippen LogP contribution is 2.32. The normalized spacial score (nSPS) is 19.1. The Labute approximate surface area is 171 Å². The van der Waals surface area contributed by atoms with E-state index in [1.54, 1.807) is 6.92 Å². The van der Waals surface area contributed by atoms with Crippen molar-refractivity contribution in [1.29, 1.82) is 0 Å². The van der Waals surface area contributed by atoms with E-state index in [2.05, 4.69) is 6.58 Å². The van der Waals surface area contributed by atoms with Crippen molar-refractivity contribution in [2.45, 2.75) is 25.4 Å². The van der Waals surface area contributed by atoms with Crippen molar-refractivity contribution in [3.8, 4) is 0 Å². The van der Waals surface area contributed by atoms with Crippen LogP contribution in [-0.4, -0.2) is 58.6 Å². The molecule has 2 rings (SSSR count). The van der Waals surface area contributed by atoms with E-state index in [1.807, 2.05) is 0 Å². The van der Waals surface area contributed by atoms with Gasteiger partial charge in [0, 0.05) is 25.6 Å². The zero-order valence-electron chi connectivity index (χ0n) is 16.2. The number of rotatable bonds is 6. The summed E-state index contributed by atoms with van der Waals surface area (Å²) in [6.07, 6.45) is 2.20. The summed E-state index contributed by atoms with van der Waals surface area (Å²) in [5.41, 5.74) is -0.121. The fraction of sp³-hybridized carbons (Fsp3) is 0.350. The predicted molar refractivity (Wildman–Crippen MR) is 99.9 cm³/mol. The number of hydrogen-bond donors (Lipinski definition) is 1. The molecule has 2 unspecified atom stereocenters. The Kier molecular flexibility index (Phi) is 7.62. The number of carbonyl (C=O) groups excluding carboxylic acids is 2. The maximum Gasteiger partial charge on any atom is 0.407 e. The first kappa shape index (κ1) is 23.0. The number of carboxylic acid groups (broad SMARTS) is 1. The van der Waals surface area contributed by atoms with Gasteiger partial charge in [-0.25, -0.2) is 22.8 Å². The van der Waals surface area contributed by atoms with Crippen LogP contribution in [-0.2, 0) is 14.3 Å². The quantitative estimate of drug-likeness (QED) is 0.327. The lowest BCUT2D eigenvalue weighted by Gasteiger charge is -2.45. The second-order valence-corrected chi connectivity index (χ2v) is 6.47. The van der Waals surface area contributed by atoms with Crippen LogP contribution >= 0.6 is 0 Å². The van der Waals surface area contributed by atoms with E-state index in [4.69, 9.17) is 4.74 Å². The molecular formula is C20H21F3N2O5. The van der Waals surface area contributed by atoms with E-state index >= 15 is 0 Å². The van der Waals surface area contributed by atoms with Gasteiger partial charge in [0.05, 0.1) is 18.7 Å². The molecule has 10 heteroatoms. The molecule has 1 aliphatic heterocycles. The molecular weight excluding hydrogens is 405 g/mol. The topological polar surface area (TPSA) is 87.2 Å². The van der Waals surface area contributed by atoms with Gasteiger partial charge in [-0.1, -0.05) is 12.2 Å². The zero-order chi connectivity index (χ0) is 22.4. The van der Waals surface area contributed by atoms with Crippen molar-refractivity contribution in [2.24, 2.45) is 0 Å². The standard InChI is InChI=1S/C20H21F3N2O5/c1-3-5-17(26)25-13(6-7-18(27)30-4-2)10-24(20(28)29)11-16(25)12-8-14(21)19(23)15(22)9-12/h3,6-9,13,16H,1,4-5,10-11H2,2H3,(H,28,29). The lowest BCUT2D eigenvalue weighted by Crippen LogP contribution is -2.57. The van der Waals surface area contributed by atoms with Crippen molar-refractivity contribution < 1.29 is 37.4 Å². The lowest BCUT2D eigenvalue weighted by atomic mass is 9.97. The number of halogens is 3. The van der Waals surface area contributed by atoms with Gasteiger partial charge in [0.25, 0.3) is 0 Å². The molecule has 1 fully saturated rings. The average Bonchev–Trinajstić information content (AvgIpc) is 2.69. The molecule has 2 amide bonds. The smallest absolute Gasteiger partial charge is 0.407 e. The van der Waals surface area contributed by atoms with E-state index in [9.17, 15) is 32.7 Å². The predicted octanol–water partition coefficient (Wildman–Crippen LogP) is 3.03. The summed E-state index contributed by atoms with van der Waals surface area (Å²) in [7, 11) is 0. The molecule has 162 valence electrons. The second-order valence-electron chi connectivity index (χ2n) is 6.47. The molecule has 30 heavy (non-hydrogen) atoms. The minimum absolute atomic E-state index is 0.116. The van der Waals surface area contributed by atoms with Crippen LogP contribution in [0.4, 0.5) is 18.0 Å². The highest BCUT2D eigenvalue weighted by molar-refractivity contribution is 5.83. The van der Waals surface area contributed by atoms with E-state index in [0.717, 1.165) is 23.1 Å². The molecule has 0 saturated carbocycles. The van der Waals surface area contributed by atoms with Crippen molar-refractivity contribution >= 4 is 18.0 Å². The third-order valence-corrected chi connectivity index (χ3v) is 4.50. The lowest BCUT2D eigenvalue weighted by molar-refractivity contribution is -0.139. The van der Waals surface area contributed by atoms with Crippen LogP contribution < -0.4 is 0 Å². The first-order valence-corrected chi connectivity index (χ1v) is 9.08. The Bertz CT molecular complexity index is 851. The molecule has 7 nitrogen and oxygen atoms in total. The van der Waals surface area contributed by atoms with Crippen molar-refractivity contribution in [3.05, 3.63) is 60.0 Å². The minimum Gasteiger partial charge on any atom is -0.465 e. The molecule has 1 heterocycles. The Morgan fingerprint density at radius 2 is 1.87 bits per heavy atom. The molecule has 0 aliphatic carbocycles. The number of piperazine rings is 1. The van der Waals surface area contributed by atoms with Crippen LogP contribution in [0.1, 0.15) is 24.9 Å². The Morgan fingerprint density at radius 1 is 1.23 bits per heavy atom. The van der Waals surface area contributed by atoms with Gasteiger partial charge in [-0.2, -0.15) is 0 Å². The van der Waals surface area contributed by atoms with Crippen molar-refractivity contribution in [1.82, 2.24) is 9.80 Å². The van der Waals surface area contributed by atoms with Gasteiger partial charge in [0.2, 0.25) is 5.91 Å². The zero-order valence-corrected chi connectivity index (χ0v) is 16.2. The van der Waals surface area contributed by atoms with Crippen LogP contribution in [0.3, 0.4) is 0 Å². The molecule has 0 radical (unpaired) electrons. The third-order valence-electron chi connectivity index (χ3n) is 4.50. The van der Waals surface area contributed by atoms with Crippen molar-refractivity contribution in [3.63, 3.8) is 0 Å². The summed E-state index contributed by atoms with van der Waals surface area (Å²) in [5, 5.41) is 9.45. The summed E-state index contributed by atoms with van der Waals surface area (Å²) in [6, 6.07) is -0.625. The van der Waals surface area contributed by atoms with Crippen LogP contribution in [0.15, 0.2) is 36.9 Å². The summed E-state index contributed by atoms with van der Waals surface area (Å²) in [5.74, 6) is -5.81. The van der Waals surface area contributed by atoms with Gasteiger partial charge in [0.15, 0.2) is 17.5 Å². The maximum atomic E-state index is 13.8. The number of amides is 2. The van der Waals surface area contributed by atoms with Gasteiger partial charge in [0.1, 0.15) is 0 Å². The van der Waals surface area contributed by atoms with E-state index in [-0.39, 0.29) is 31.7 Å². The molecule has 1 aliphatic rings. The Morgan fingerprint density at radius 3 is 2.40 bits per heavy atom. The summed E-state index contributed by atoms with van der Waals surface area (Å²) in [6.45, 7) is 4.72. The van der Waals surface area contributed by atoms with Crippen LogP contribution in [0.25, 0.3) is 0 Å². The molecule has 1 aromatic carbocycles. The summed E-state index contributed by atoms with van der Waals surface area (Å²) in [4.78, 5) is 38.2. The Balaban J connectivity index is 2.53. The first-order chi connectivity index (χ1) is 14.2. The van der Waals surface area contributed by atoms with E-state index in [0.29, 0.717) is 0 Å². The summed E-state index contributed by atoms with van der Waals surface area (Å²) < 4.78 is 45.8. The molecule has 0 aromatic heterocycles. The summed E-state index contributed by atoms with van der Waals surface area (Å²) >= 11 is 0. The highest BCUT2D eigenvalue weighted by atomic mass is 19.2. The van der Waals surface area contributed by atoms with Crippen molar-refractivity contribution in [2.75, 3.05) is 19.7 Å². The van der Waals surface area contributed by atoms with Crippen LogP contribution in [0.5, 0.6) is 0 Å². The molecule has 2 atom stereocenters. The van der Waals surface area contributed by atoms with E-state index in [1.165, 1.54) is 17.1 Å². The van der Waals surface area contributed by atoms with Gasteiger partial charge >= 0.3 is 12.1 Å². The SMILES string of the molecule is C=CCC(=O)N1C(C=CC(=O)OCC)CN(C(=O)O)CC1c1cc(F)c(F)c(F)c1. The minimum atomic E-state index is -1.67. The monoisotopic (exact) mass is 426 g/mol. The fourth-order valence-corrected chi connectivity index (χ4v) is 3.23. The molecule has 1 saturated heterocycles. The highest BCUT2D eigenvalue weighted by Gasteiger charge is 2.39. The maximum absolute atomic E-state index is 13.8. The molecule has 1 aromatic rings. The van der Waals surface area contributed by atoms with Gasteiger partial charge in [-0.15, -0.1) is 6.58 Å². The molecule has 0 bridgehead atoms. The number of esters is 1. The van der Waals surface area contributed by atoms with Gasteiger partial charge in [-0.3, -0.25) is 4.79 Å². The first-order valence-electron chi connectivity index (χ1n) is 9.08. The number of carbonyl (C=O) groups is 3. The average molecular weight is 426 g/mol. The van der Waals surface area contributed by atoms with E-state index < -0.39 is 47.5 Å². The second kappa shape index (κ2) is 9.95. The number of ether oxygens (including phenoxy) is 1. The van der Waals surface area contributed by atoms with Crippen LogP contribution in [0, 0.1) is 17.5 Å². The largest absolute Gasteiger partial charge is 0.465 e.